The Morgan fingerprint density at radius 3 is 2.93 bits per heavy atom. The third kappa shape index (κ3) is 1.44. The number of para-hydroxylation sites is 1. The monoisotopic (exact) mass is 192 g/mol. The van der Waals surface area contributed by atoms with Crippen molar-refractivity contribution in [3.8, 4) is 0 Å². The van der Waals surface area contributed by atoms with Gasteiger partial charge in [0, 0.05) is 5.69 Å². The van der Waals surface area contributed by atoms with Crippen molar-refractivity contribution in [3.63, 3.8) is 0 Å². The lowest BCUT2D eigenvalue weighted by Gasteiger charge is -2.15. The summed E-state index contributed by atoms with van der Waals surface area (Å²) < 4.78 is 0. The van der Waals surface area contributed by atoms with E-state index in [1.54, 1.807) is 0 Å². The van der Waals surface area contributed by atoms with Crippen LogP contribution in [-0.4, -0.2) is 23.2 Å². The molecule has 0 saturated carbocycles. The number of fused-ring (bicyclic) bond motifs is 1. The number of hydrogen-bond donors (Lipinski definition) is 3. The van der Waals surface area contributed by atoms with Gasteiger partial charge in [-0.25, -0.2) is 0 Å². The Balaban J connectivity index is 2.15. The van der Waals surface area contributed by atoms with Crippen molar-refractivity contribution in [3.05, 3.63) is 29.8 Å². The molecule has 1 aliphatic heterocycles. The van der Waals surface area contributed by atoms with Crippen LogP contribution in [0.15, 0.2) is 24.3 Å². The van der Waals surface area contributed by atoms with Crippen LogP contribution in [0.2, 0.25) is 0 Å². The lowest BCUT2D eigenvalue weighted by Crippen LogP contribution is -2.45. The van der Waals surface area contributed by atoms with Gasteiger partial charge in [-0.1, -0.05) is 18.2 Å². The van der Waals surface area contributed by atoms with Crippen LogP contribution in [0.25, 0.3) is 0 Å². The molecule has 14 heavy (non-hydrogen) atoms. The summed E-state index contributed by atoms with van der Waals surface area (Å²) in [5.41, 5.74) is 7.67. The fourth-order valence-electron chi connectivity index (χ4n) is 1.72. The van der Waals surface area contributed by atoms with Gasteiger partial charge < -0.3 is 16.2 Å². The molecule has 0 aromatic heterocycles. The molecule has 0 fully saturated rings. The van der Waals surface area contributed by atoms with Crippen LogP contribution in [0, 0.1) is 0 Å². The highest BCUT2D eigenvalue weighted by Gasteiger charge is 2.29. The zero-order chi connectivity index (χ0) is 10.1. The molecule has 2 atom stereocenters. The molecular formula is C10H12N2O2. The molecule has 4 heteroatoms. The van der Waals surface area contributed by atoms with Gasteiger partial charge in [-0.05, 0) is 18.1 Å². The maximum Gasteiger partial charge on any atom is 0.322 e. The molecule has 2 rings (SSSR count). The number of carboxylic acids is 1. The van der Waals surface area contributed by atoms with Crippen LogP contribution < -0.4 is 11.1 Å². The largest absolute Gasteiger partial charge is 0.480 e. The van der Waals surface area contributed by atoms with E-state index in [-0.39, 0.29) is 6.04 Å². The number of carbonyl (C=O) groups is 1. The number of carboxylic acid groups (broad SMARTS) is 1. The zero-order valence-corrected chi connectivity index (χ0v) is 7.60. The average molecular weight is 192 g/mol. The highest BCUT2D eigenvalue weighted by molar-refractivity contribution is 5.76. The van der Waals surface area contributed by atoms with Crippen LogP contribution in [0.1, 0.15) is 5.56 Å². The van der Waals surface area contributed by atoms with Crippen molar-refractivity contribution in [2.45, 2.75) is 18.5 Å². The summed E-state index contributed by atoms with van der Waals surface area (Å²) >= 11 is 0. The van der Waals surface area contributed by atoms with Crippen LogP contribution >= 0.6 is 0 Å². The third-order valence-corrected chi connectivity index (χ3v) is 2.52. The highest BCUT2D eigenvalue weighted by atomic mass is 16.4. The number of hydrogen-bond acceptors (Lipinski definition) is 3. The van der Waals surface area contributed by atoms with E-state index in [1.807, 2.05) is 24.3 Å². The van der Waals surface area contributed by atoms with Crippen LogP contribution in [-0.2, 0) is 11.2 Å². The predicted molar refractivity (Wildman–Crippen MR) is 53.2 cm³/mol. The minimum absolute atomic E-state index is 0.190. The quantitative estimate of drug-likeness (QED) is 0.635. The molecule has 1 aliphatic rings. The van der Waals surface area contributed by atoms with Gasteiger partial charge in [0.1, 0.15) is 6.04 Å². The number of rotatable bonds is 2. The van der Waals surface area contributed by atoms with E-state index in [9.17, 15) is 4.79 Å². The second-order valence-corrected chi connectivity index (χ2v) is 3.48. The molecule has 1 aromatic carbocycles. The molecule has 4 nitrogen and oxygen atoms in total. The first kappa shape index (κ1) is 9.02. The Labute approximate surface area is 81.7 Å². The minimum Gasteiger partial charge on any atom is -0.480 e. The molecular weight excluding hydrogens is 180 g/mol. The van der Waals surface area contributed by atoms with Crippen molar-refractivity contribution in [2.24, 2.45) is 5.73 Å². The Bertz CT molecular complexity index is 340. The van der Waals surface area contributed by atoms with Gasteiger partial charge in [-0.15, -0.1) is 0 Å². The van der Waals surface area contributed by atoms with Crippen molar-refractivity contribution >= 4 is 11.7 Å². The summed E-state index contributed by atoms with van der Waals surface area (Å²) in [6.07, 6.45) is 0.684. The van der Waals surface area contributed by atoms with E-state index in [1.165, 1.54) is 0 Å². The summed E-state index contributed by atoms with van der Waals surface area (Å²) in [6.45, 7) is 0. The first-order valence-corrected chi connectivity index (χ1v) is 4.51. The number of benzene rings is 1. The average Bonchev–Trinajstić information content (AvgIpc) is 2.59. The Morgan fingerprint density at radius 2 is 2.29 bits per heavy atom. The topological polar surface area (TPSA) is 75.4 Å². The lowest BCUT2D eigenvalue weighted by atomic mass is 10.0. The molecule has 0 aliphatic carbocycles. The fourth-order valence-corrected chi connectivity index (χ4v) is 1.72. The van der Waals surface area contributed by atoms with Gasteiger partial charge in [0.05, 0.1) is 6.04 Å². The zero-order valence-electron chi connectivity index (χ0n) is 7.60. The van der Waals surface area contributed by atoms with Gasteiger partial charge in [-0.2, -0.15) is 0 Å². The maximum absolute atomic E-state index is 10.7. The Hall–Kier alpha value is -1.55. The summed E-state index contributed by atoms with van der Waals surface area (Å²) in [5.74, 6) is -0.963. The van der Waals surface area contributed by atoms with E-state index in [4.69, 9.17) is 10.8 Å². The van der Waals surface area contributed by atoms with E-state index in [2.05, 4.69) is 5.32 Å². The van der Waals surface area contributed by atoms with E-state index < -0.39 is 12.0 Å². The predicted octanol–water partition coefficient (Wildman–Crippen LogP) is 0.435. The number of nitrogens with two attached hydrogens (primary N) is 1. The summed E-state index contributed by atoms with van der Waals surface area (Å²) in [6, 6.07) is 6.74. The van der Waals surface area contributed by atoms with Crippen molar-refractivity contribution in [1.82, 2.24) is 0 Å². The van der Waals surface area contributed by atoms with E-state index in [0.717, 1.165) is 11.3 Å². The molecule has 0 bridgehead atoms. The SMILES string of the molecule is NC(C(=O)O)C1Cc2ccccc2N1. The highest BCUT2D eigenvalue weighted by Crippen LogP contribution is 2.25. The molecule has 0 amide bonds. The molecule has 2 unspecified atom stereocenters. The van der Waals surface area contributed by atoms with Crippen molar-refractivity contribution in [2.75, 3.05) is 5.32 Å². The van der Waals surface area contributed by atoms with Gasteiger partial charge in [0.15, 0.2) is 0 Å². The van der Waals surface area contributed by atoms with Crippen molar-refractivity contribution in [1.29, 1.82) is 0 Å². The normalized spacial score (nSPS) is 21.1. The third-order valence-electron chi connectivity index (χ3n) is 2.52. The van der Waals surface area contributed by atoms with Gasteiger partial charge >= 0.3 is 5.97 Å². The Morgan fingerprint density at radius 1 is 1.57 bits per heavy atom. The van der Waals surface area contributed by atoms with Crippen molar-refractivity contribution < 1.29 is 9.90 Å². The molecule has 1 heterocycles. The summed E-state index contributed by atoms with van der Waals surface area (Å²) in [7, 11) is 0. The van der Waals surface area contributed by atoms with Crippen LogP contribution in [0.5, 0.6) is 0 Å². The van der Waals surface area contributed by atoms with Crippen LogP contribution in [0.4, 0.5) is 5.69 Å². The fraction of sp³-hybridized carbons (Fsp3) is 0.300. The smallest absolute Gasteiger partial charge is 0.322 e. The molecule has 74 valence electrons. The van der Waals surface area contributed by atoms with E-state index >= 15 is 0 Å². The Kier molecular flexibility index (Phi) is 2.13. The maximum atomic E-state index is 10.7. The molecule has 1 aromatic rings. The number of nitrogens with one attached hydrogen (secondary N) is 1. The lowest BCUT2D eigenvalue weighted by molar-refractivity contribution is -0.138. The molecule has 0 radical (unpaired) electrons. The van der Waals surface area contributed by atoms with Gasteiger partial charge in [0.25, 0.3) is 0 Å². The molecule has 0 spiro atoms. The van der Waals surface area contributed by atoms with E-state index in [0.29, 0.717) is 6.42 Å². The van der Waals surface area contributed by atoms with Gasteiger partial charge in [0.2, 0.25) is 0 Å². The summed E-state index contributed by atoms with van der Waals surface area (Å²) in [5, 5.41) is 11.9. The second kappa shape index (κ2) is 3.31. The minimum atomic E-state index is -0.963. The summed E-state index contributed by atoms with van der Waals surface area (Å²) in [4.78, 5) is 10.7. The van der Waals surface area contributed by atoms with Crippen LogP contribution in [0.3, 0.4) is 0 Å². The first-order valence-electron chi connectivity index (χ1n) is 4.51. The number of aliphatic carboxylic acids is 1. The first-order chi connectivity index (χ1) is 6.68. The van der Waals surface area contributed by atoms with Gasteiger partial charge in [-0.3, -0.25) is 4.79 Å². The molecule has 0 saturated heterocycles. The molecule has 4 N–H and O–H groups in total. The number of anilines is 1. The second-order valence-electron chi connectivity index (χ2n) is 3.48. The standard InChI is InChI=1S/C10H12N2O2/c11-9(10(13)14)8-5-6-3-1-2-4-7(6)12-8/h1-4,8-9,12H,5,11H2,(H,13,14).